The first-order valence-corrected chi connectivity index (χ1v) is 6.82. The van der Waals surface area contributed by atoms with Gasteiger partial charge < -0.3 is 16.0 Å². The highest BCUT2D eigenvalue weighted by Crippen LogP contribution is 2.04. The van der Waals surface area contributed by atoms with Crippen molar-refractivity contribution in [1.29, 1.82) is 0 Å². The van der Waals surface area contributed by atoms with Gasteiger partial charge in [-0.25, -0.2) is 0 Å². The van der Waals surface area contributed by atoms with Crippen LogP contribution in [0.2, 0.25) is 0 Å². The maximum absolute atomic E-state index is 11.6. The zero-order valence-electron chi connectivity index (χ0n) is 10.7. The predicted molar refractivity (Wildman–Crippen MR) is 72.8 cm³/mol. The molecule has 100 valence electrons. The maximum atomic E-state index is 11.6. The van der Waals surface area contributed by atoms with Crippen LogP contribution in [0, 0.1) is 0 Å². The number of hydrogen-bond acceptors (Lipinski definition) is 4. The van der Waals surface area contributed by atoms with Gasteiger partial charge in [0.15, 0.2) is 0 Å². The van der Waals surface area contributed by atoms with Gasteiger partial charge in [-0.05, 0) is 25.4 Å². The molecule has 6 heteroatoms. The first kappa shape index (κ1) is 14.7. The molecule has 0 saturated carbocycles. The number of hydrogen-bond donors (Lipinski definition) is 3. The molecule has 5 nitrogen and oxygen atoms in total. The number of carbonyl (C=O) groups excluding carboxylic acids is 2. The Balaban J connectivity index is 2.14. The summed E-state index contributed by atoms with van der Waals surface area (Å²) < 4.78 is 0. The van der Waals surface area contributed by atoms with Gasteiger partial charge in [-0.15, -0.1) is 0 Å². The minimum Gasteiger partial charge on any atom is -0.354 e. The molecule has 1 aromatic rings. The Morgan fingerprint density at radius 1 is 1.39 bits per heavy atom. The van der Waals surface area contributed by atoms with Gasteiger partial charge in [-0.2, -0.15) is 11.3 Å². The molecule has 0 bridgehead atoms. The molecule has 1 rings (SSSR count). The van der Waals surface area contributed by atoms with Gasteiger partial charge in [0.25, 0.3) is 5.91 Å². The third-order valence-electron chi connectivity index (χ3n) is 2.52. The number of amides is 2. The Bertz CT molecular complexity index is 379. The molecule has 0 spiro atoms. The van der Waals surface area contributed by atoms with Crippen LogP contribution >= 0.6 is 11.3 Å². The molecule has 0 saturated heterocycles. The van der Waals surface area contributed by atoms with Crippen LogP contribution < -0.4 is 16.0 Å². The Morgan fingerprint density at radius 3 is 2.78 bits per heavy atom. The highest BCUT2D eigenvalue weighted by atomic mass is 32.1. The summed E-state index contributed by atoms with van der Waals surface area (Å²) in [5.41, 5.74) is 0.643. The molecule has 0 aliphatic rings. The lowest BCUT2D eigenvalue weighted by molar-refractivity contribution is -0.121. The normalized spacial score (nSPS) is 11.9. The van der Waals surface area contributed by atoms with Crippen molar-refractivity contribution in [2.24, 2.45) is 0 Å². The topological polar surface area (TPSA) is 70.2 Å². The third kappa shape index (κ3) is 5.29. The predicted octanol–water partition coefficient (Wildman–Crippen LogP) is 0.592. The van der Waals surface area contributed by atoms with Crippen LogP contribution in [0.4, 0.5) is 0 Å². The standard InChI is InChI=1S/C12H19N3O2S/c1-9(13-2)7-15-11(16)3-5-14-12(17)10-4-6-18-8-10/h4,6,8-9,13H,3,5,7H2,1-2H3,(H,14,17)(H,15,16). The third-order valence-corrected chi connectivity index (χ3v) is 3.20. The summed E-state index contributed by atoms with van der Waals surface area (Å²) in [4.78, 5) is 23.0. The van der Waals surface area contributed by atoms with Crippen molar-refractivity contribution < 1.29 is 9.59 Å². The van der Waals surface area contributed by atoms with Crippen molar-refractivity contribution in [3.05, 3.63) is 22.4 Å². The van der Waals surface area contributed by atoms with Crippen LogP contribution in [0.15, 0.2) is 16.8 Å². The molecule has 0 fully saturated rings. The van der Waals surface area contributed by atoms with E-state index in [9.17, 15) is 9.59 Å². The van der Waals surface area contributed by atoms with E-state index in [1.54, 1.807) is 11.4 Å². The molecule has 0 aromatic carbocycles. The van der Waals surface area contributed by atoms with E-state index in [2.05, 4.69) is 16.0 Å². The van der Waals surface area contributed by atoms with Gasteiger partial charge >= 0.3 is 0 Å². The van der Waals surface area contributed by atoms with Gasteiger partial charge in [0.2, 0.25) is 5.91 Å². The molecule has 1 atom stereocenters. The van der Waals surface area contributed by atoms with Crippen molar-refractivity contribution >= 4 is 23.2 Å². The van der Waals surface area contributed by atoms with E-state index in [0.29, 0.717) is 25.1 Å². The molecular weight excluding hydrogens is 250 g/mol. The number of rotatable bonds is 7. The Labute approximate surface area is 111 Å². The van der Waals surface area contributed by atoms with Crippen LogP contribution in [-0.4, -0.2) is 38.0 Å². The monoisotopic (exact) mass is 269 g/mol. The summed E-state index contributed by atoms with van der Waals surface area (Å²) in [6.45, 7) is 2.93. The average Bonchev–Trinajstić information content (AvgIpc) is 2.89. The summed E-state index contributed by atoms with van der Waals surface area (Å²) in [6.07, 6.45) is 0.298. The van der Waals surface area contributed by atoms with E-state index in [1.807, 2.05) is 19.4 Å². The fourth-order valence-electron chi connectivity index (χ4n) is 1.24. The van der Waals surface area contributed by atoms with Crippen LogP contribution in [0.5, 0.6) is 0 Å². The smallest absolute Gasteiger partial charge is 0.252 e. The molecule has 1 unspecified atom stereocenters. The minimum atomic E-state index is -0.132. The second-order valence-corrected chi connectivity index (χ2v) is 4.79. The second kappa shape index (κ2) is 7.84. The lowest BCUT2D eigenvalue weighted by Crippen LogP contribution is -2.38. The van der Waals surface area contributed by atoms with Crippen LogP contribution in [0.25, 0.3) is 0 Å². The van der Waals surface area contributed by atoms with E-state index >= 15 is 0 Å². The van der Waals surface area contributed by atoms with Crippen molar-refractivity contribution in [1.82, 2.24) is 16.0 Å². The van der Waals surface area contributed by atoms with Gasteiger partial charge in [-0.3, -0.25) is 9.59 Å². The van der Waals surface area contributed by atoms with Crippen LogP contribution in [0.3, 0.4) is 0 Å². The Kier molecular flexibility index (Phi) is 6.38. The first-order chi connectivity index (χ1) is 8.63. The van der Waals surface area contributed by atoms with Gasteiger partial charge in [0.1, 0.15) is 0 Å². The first-order valence-electron chi connectivity index (χ1n) is 5.88. The fraction of sp³-hybridized carbons (Fsp3) is 0.500. The van der Waals surface area contributed by atoms with Crippen molar-refractivity contribution in [2.45, 2.75) is 19.4 Å². The molecule has 1 aromatic heterocycles. The fourth-order valence-corrected chi connectivity index (χ4v) is 1.88. The molecule has 0 aliphatic heterocycles. The van der Waals surface area contributed by atoms with E-state index in [-0.39, 0.29) is 17.9 Å². The number of likely N-dealkylation sites (N-methyl/N-ethyl adjacent to an activating group) is 1. The van der Waals surface area contributed by atoms with Crippen LogP contribution in [-0.2, 0) is 4.79 Å². The van der Waals surface area contributed by atoms with Gasteiger partial charge in [0, 0.05) is 36.5 Å². The molecule has 0 radical (unpaired) electrons. The SMILES string of the molecule is CNC(C)CNC(=O)CCNC(=O)c1ccsc1. The average molecular weight is 269 g/mol. The van der Waals surface area contributed by atoms with Gasteiger partial charge in [0.05, 0.1) is 0 Å². The number of nitrogens with one attached hydrogen (secondary N) is 3. The van der Waals surface area contributed by atoms with E-state index in [1.165, 1.54) is 11.3 Å². The summed E-state index contributed by atoms with van der Waals surface area (Å²) in [6, 6.07) is 2.00. The second-order valence-electron chi connectivity index (χ2n) is 4.01. The van der Waals surface area contributed by atoms with Gasteiger partial charge in [-0.1, -0.05) is 0 Å². The van der Waals surface area contributed by atoms with E-state index < -0.39 is 0 Å². The Hall–Kier alpha value is -1.40. The van der Waals surface area contributed by atoms with E-state index in [4.69, 9.17) is 0 Å². The molecule has 1 heterocycles. The van der Waals surface area contributed by atoms with Crippen LogP contribution in [0.1, 0.15) is 23.7 Å². The summed E-state index contributed by atoms with van der Waals surface area (Å²) in [5.74, 6) is -0.185. The highest BCUT2D eigenvalue weighted by molar-refractivity contribution is 7.08. The summed E-state index contributed by atoms with van der Waals surface area (Å²) in [5, 5.41) is 12.2. The minimum absolute atomic E-state index is 0.0530. The zero-order chi connectivity index (χ0) is 13.4. The number of thiophene rings is 1. The summed E-state index contributed by atoms with van der Waals surface area (Å²) >= 11 is 1.47. The number of carbonyl (C=O) groups is 2. The molecular formula is C12H19N3O2S. The molecule has 18 heavy (non-hydrogen) atoms. The van der Waals surface area contributed by atoms with Crippen molar-refractivity contribution in [3.8, 4) is 0 Å². The molecule has 0 aliphatic carbocycles. The quantitative estimate of drug-likeness (QED) is 0.678. The van der Waals surface area contributed by atoms with Crippen molar-refractivity contribution in [3.63, 3.8) is 0 Å². The van der Waals surface area contributed by atoms with Crippen molar-refractivity contribution in [2.75, 3.05) is 20.1 Å². The zero-order valence-corrected chi connectivity index (χ0v) is 11.5. The maximum Gasteiger partial charge on any atom is 0.252 e. The molecule has 3 N–H and O–H groups in total. The lowest BCUT2D eigenvalue weighted by Gasteiger charge is -2.11. The Morgan fingerprint density at radius 2 is 2.17 bits per heavy atom. The molecule has 2 amide bonds. The summed E-state index contributed by atoms with van der Waals surface area (Å²) in [7, 11) is 1.85. The highest BCUT2D eigenvalue weighted by Gasteiger charge is 2.07. The van der Waals surface area contributed by atoms with E-state index in [0.717, 1.165) is 0 Å². The lowest BCUT2D eigenvalue weighted by atomic mass is 10.3. The largest absolute Gasteiger partial charge is 0.354 e.